The molecule has 1 aromatic rings. The van der Waals surface area contributed by atoms with Gasteiger partial charge in [0.05, 0.1) is 19.0 Å². The molecule has 0 radical (unpaired) electrons. The van der Waals surface area contributed by atoms with Crippen LogP contribution in [0.4, 0.5) is 4.39 Å². The summed E-state index contributed by atoms with van der Waals surface area (Å²) < 4.78 is 45.3. The minimum Gasteiger partial charge on any atom is -0.377 e. The summed E-state index contributed by atoms with van der Waals surface area (Å²) in [4.78, 5) is 0. The van der Waals surface area contributed by atoms with Crippen molar-refractivity contribution in [1.82, 2.24) is 10.0 Å². The fourth-order valence-electron chi connectivity index (χ4n) is 4.23. The topological polar surface area (TPSA) is 67.4 Å². The molecule has 1 aliphatic carbocycles. The van der Waals surface area contributed by atoms with Gasteiger partial charge in [-0.2, -0.15) is 0 Å². The largest absolute Gasteiger partial charge is 0.377 e. The Morgan fingerprint density at radius 1 is 1.27 bits per heavy atom. The van der Waals surface area contributed by atoms with E-state index in [2.05, 4.69) is 17.0 Å². The molecule has 1 aliphatic heterocycles. The van der Waals surface area contributed by atoms with Crippen molar-refractivity contribution in [3.05, 3.63) is 35.6 Å². The maximum Gasteiger partial charge on any atom is 0.209 e. The summed E-state index contributed by atoms with van der Waals surface area (Å²) >= 11 is 0. The average molecular weight is 385 g/mol. The van der Waals surface area contributed by atoms with Gasteiger partial charge >= 0.3 is 0 Å². The van der Waals surface area contributed by atoms with Gasteiger partial charge in [0.15, 0.2) is 0 Å². The van der Waals surface area contributed by atoms with Crippen LogP contribution in [0.1, 0.15) is 50.5 Å². The van der Waals surface area contributed by atoms with Crippen LogP contribution in [0.15, 0.2) is 24.3 Å². The second kappa shape index (κ2) is 8.33. The highest BCUT2D eigenvalue weighted by Gasteiger charge is 2.34. The number of halogens is 1. The Hall–Kier alpha value is -1.02. The number of nitrogens with one attached hydrogen (secondary N) is 2. The maximum absolute atomic E-state index is 13.4. The minimum atomic E-state index is -3.22. The number of ether oxygens (including phenoxy) is 1. The Morgan fingerprint density at radius 3 is 2.65 bits per heavy atom. The summed E-state index contributed by atoms with van der Waals surface area (Å²) in [5.74, 6) is 0.224. The molecular weight excluding hydrogens is 355 g/mol. The SMILES string of the molecule is C[C@@H]1C[C@H](NS(C)(=O)=O)[C@H](COC2CCC(c3cccc(F)c3)CC2)N1. The first kappa shape index (κ1) is 19.7. The van der Waals surface area contributed by atoms with E-state index in [-0.39, 0.29) is 30.0 Å². The normalized spacial score (nSPS) is 32.7. The molecule has 0 spiro atoms. The van der Waals surface area contributed by atoms with E-state index in [1.165, 1.54) is 12.3 Å². The lowest BCUT2D eigenvalue weighted by Crippen LogP contribution is -2.46. The first-order valence-corrected chi connectivity index (χ1v) is 11.3. The Balaban J connectivity index is 1.47. The van der Waals surface area contributed by atoms with Gasteiger partial charge in [-0.25, -0.2) is 17.5 Å². The monoisotopic (exact) mass is 384 g/mol. The molecule has 2 N–H and O–H groups in total. The summed E-state index contributed by atoms with van der Waals surface area (Å²) in [6.45, 7) is 2.56. The van der Waals surface area contributed by atoms with Crippen molar-refractivity contribution in [2.45, 2.75) is 69.2 Å². The van der Waals surface area contributed by atoms with Crippen molar-refractivity contribution in [1.29, 1.82) is 0 Å². The lowest BCUT2D eigenvalue weighted by molar-refractivity contribution is 0.0122. The molecule has 0 unspecified atom stereocenters. The van der Waals surface area contributed by atoms with Gasteiger partial charge in [0.25, 0.3) is 0 Å². The van der Waals surface area contributed by atoms with Gasteiger partial charge in [-0.3, -0.25) is 0 Å². The van der Waals surface area contributed by atoms with Crippen LogP contribution in [-0.4, -0.2) is 45.5 Å². The fraction of sp³-hybridized carbons (Fsp3) is 0.684. The van der Waals surface area contributed by atoms with E-state index < -0.39 is 10.0 Å². The van der Waals surface area contributed by atoms with Crippen molar-refractivity contribution in [3.8, 4) is 0 Å². The second-order valence-corrected chi connectivity index (χ2v) is 9.55. The number of hydrogen-bond donors (Lipinski definition) is 2. The number of benzene rings is 1. The molecule has 1 aromatic carbocycles. The van der Waals surface area contributed by atoms with E-state index in [0.717, 1.165) is 37.7 Å². The Kier molecular flexibility index (Phi) is 6.33. The zero-order valence-corrected chi connectivity index (χ0v) is 16.3. The highest BCUT2D eigenvalue weighted by Crippen LogP contribution is 2.34. The molecule has 2 aliphatic rings. The van der Waals surface area contributed by atoms with Crippen LogP contribution in [0.5, 0.6) is 0 Å². The van der Waals surface area contributed by atoms with E-state index in [9.17, 15) is 12.8 Å². The predicted molar refractivity (Wildman–Crippen MR) is 100 cm³/mol. The highest BCUT2D eigenvalue weighted by atomic mass is 32.2. The number of hydrogen-bond acceptors (Lipinski definition) is 4. The van der Waals surface area contributed by atoms with Crippen LogP contribution >= 0.6 is 0 Å². The van der Waals surface area contributed by atoms with Gasteiger partial charge < -0.3 is 10.1 Å². The molecule has 1 heterocycles. The van der Waals surface area contributed by atoms with Gasteiger partial charge in [-0.1, -0.05) is 12.1 Å². The molecule has 0 amide bonds. The molecule has 2 fully saturated rings. The summed E-state index contributed by atoms with van der Waals surface area (Å²) in [7, 11) is -3.22. The van der Waals surface area contributed by atoms with E-state index in [0.29, 0.717) is 12.5 Å². The van der Waals surface area contributed by atoms with Crippen LogP contribution in [0.3, 0.4) is 0 Å². The minimum absolute atomic E-state index is 0.000618. The van der Waals surface area contributed by atoms with Crippen molar-refractivity contribution in [2.24, 2.45) is 0 Å². The van der Waals surface area contributed by atoms with Gasteiger partial charge in [-0.05, 0) is 62.6 Å². The fourth-order valence-corrected chi connectivity index (χ4v) is 5.04. The third-order valence-corrected chi connectivity index (χ3v) is 6.19. The Labute approximate surface area is 155 Å². The first-order valence-electron chi connectivity index (χ1n) is 9.40. The van der Waals surface area contributed by atoms with Crippen molar-refractivity contribution < 1.29 is 17.5 Å². The molecule has 0 bridgehead atoms. The average Bonchev–Trinajstić information content (AvgIpc) is 2.91. The standard InChI is InChI=1S/C19H29FN2O3S/c1-13-10-18(22-26(2,23)24)19(21-13)12-25-17-8-6-14(7-9-17)15-4-3-5-16(20)11-15/h3-5,11,13-14,17-19,21-22H,6-10,12H2,1-2H3/t13-,14?,17?,18+,19+/m1/s1. The van der Waals surface area contributed by atoms with E-state index in [4.69, 9.17) is 4.74 Å². The van der Waals surface area contributed by atoms with Crippen LogP contribution < -0.4 is 10.0 Å². The van der Waals surface area contributed by atoms with E-state index >= 15 is 0 Å². The summed E-state index contributed by atoms with van der Waals surface area (Å²) in [5.41, 5.74) is 1.08. The van der Waals surface area contributed by atoms with Gasteiger partial charge in [-0.15, -0.1) is 0 Å². The lowest BCUT2D eigenvalue weighted by Gasteiger charge is -2.30. The van der Waals surface area contributed by atoms with Crippen LogP contribution in [-0.2, 0) is 14.8 Å². The molecule has 3 atom stereocenters. The Morgan fingerprint density at radius 2 is 2.00 bits per heavy atom. The third kappa shape index (κ3) is 5.49. The van der Waals surface area contributed by atoms with Crippen molar-refractivity contribution in [2.75, 3.05) is 12.9 Å². The first-order chi connectivity index (χ1) is 12.3. The molecule has 1 saturated heterocycles. The molecule has 7 heteroatoms. The summed E-state index contributed by atoms with van der Waals surface area (Å²) in [5, 5.41) is 3.41. The lowest BCUT2D eigenvalue weighted by atomic mass is 9.83. The van der Waals surface area contributed by atoms with Crippen LogP contribution in [0, 0.1) is 5.82 Å². The predicted octanol–water partition coefficient (Wildman–Crippen LogP) is 2.54. The molecule has 1 saturated carbocycles. The molecular formula is C19H29FN2O3S. The zero-order chi connectivity index (χ0) is 18.7. The smallest absolute Gasteiger partial charge is 0.209 e. The van der Waals surface area contributed by atoms with Crippen molar-refractivity contribution >= 4 is 10.0 Å². The quantitative estimate of drug-likeness (QED) is 0.791. The van der Waals surface area contributed by atoms with Crippen molar-refractivity contribution in [3.63, 3.8) is 0 Å². The van der Waals surface area contributed by atoms with E-state index in [1.54, 1.807) is 12.1 Å². The maximum atomic E-state index is 13.4. The van der Waals surface area contributed by atoms with Crippen LogP contribution in [0.25, 0.3) is 0 Å². The summed E-state index contributed by atoms with van der Waals surface area (Å²) in [6.07, 6.45) is 6.05. The highest BCUT2D eigenvalue weighted by molar-refractivity contribution is 7.88. The summed E-state index contributed by atoms with van der Waals surface area (Å²) in [6, 6.07) is 7.04. The van der Waals surface area contributed by atoms with Gasteiger partial charge in [0, 0.05) is 18.1 Å². The van der Waals surface area contributed by atoms with Gasteiger partial charge in [0.2, 0.25) is 10.0 Å². The van der Waals surface area contributed by atoms with Crippen LogP contribution in [0.2, 0.25) is 0 Å². The molecule has 5 nitrogen and oxygen atoms in total. The van der Waals surface area contributed by atoms with E-state index in [1.807, 2.05) is 6.07 Å². The Bertz CT molecular complexity index is 704. The molecule has 26 heavy (non-hydrogen) atoms. The molecule has 3 rings (SSSR count). The van der Waals surface area contributed by atoms with Gasteiger partial charge in [0.1, 0.15) is 5.82 Å². The second-order valence-electron chi connectivity index (χ2n) is 7.77. The molecule has 0 aromatic heterocycles. The third-order valence-electron chi connectivity index (χ3n) is 5.46. The number of rotatable bonds is 6. The zero-order valence-electron chi connectivity index (χ0n) is 15.4. The molecule has 146 valence electrons. The number of sulfonamides is 1.